The van der Waals surface area contributed by atoms with E-state index in [1.165, 1.54) is 38.5 Å². The van der Waals surface area contributed by atoms with Gasteiger partial charge in [-0.1, -0.05) is 51.2 Å². The van der Waals surface area contributed by atoms with Gasteiger partial charge in [0.05, 0.1) is 19.8 Å². The lowest BCUT2D eigenvalue weighted by molar-refractivity contribution is -0.0726. The number of aliphatic hydroxyl groups excluding tert-OH is 3. The number of allylic oxidation sites excluding steroid dienone is 1. The Morgan fingerprint density at radius 3 is 2.57 bits per heavy atom. The molecule has 3 N–H and O–H groups in total. The molecular formula is C18H34O5. The zero-order chi connectivity index (χ0) is 16.9. The van der Waals surface area contributed by atoms with E-state index in [1.807, 2.05) is 0 Å². The van der Waals surface area contributed by atoms with Crippen molar-refractivity contribution < 1.29 is 24.8 Å². The third kappa shape index (κ3) is 8.27. The van der Waals surface area contributed by atoms with Gasteiger partial charge < -0.3 is 24.8 Å². The normalized spacial score (nSPS) is 26.2. The number of hydrogen-bond donors (Lipinski definition) is 3. The maximum absolute atomic E-state index is 9.97. The Morgan fingerprint density at radius 1 is 1.13 bits per heavy atom. The molecule has 4 atom stereocenters. The van der Waals surface area contributed by atoms with Crippen LogP contribution < -0.4 is 0 Å². The van der Waals surface area contributed by atoms with E-state index < -0.39 is 31.0 Å². The van der Waals surface area contributed by atoms with E-state index in [0.29, 0.717) is 6.61 Å². The highest BCUT2D eigenvalue weighted by atomic mass is 16.6. The maximum Gasteiger partial charge on any atom is 0.114 e. The molecule has 23 heavy (non-hydrogen) atoms. The van der Waals surface area contributed by atoms with E-state index >= 15 is 0 Å². The minimum atomic E-state index is -1.06. The van der Waals surface area contributed by atoms with Gasteiger partial charge in [-0.25, -0.2) is 0 Å². The molecule has 1 aliphatic rings. The minimum Gasteiger partial charge on any atom is -0.394 e. The summed E-state index contributed by atoms with van der Waals surface area (Å²) < 4.78 is 10.9. The number of aliphatic hydroxyl groups is 3. The molecule has 136 valence electrons. The molecule has 0 aromatic rings. The highest BCUT2D eigenvalue weighted by molar-refractivity contribution is 4.89. The van der Waals surface area contributed by atoms with Gasteiger partial charge >= 0.3 is 0 Å². The molecule has 0 radical (unpaired) electrons. The third-order valence-corrected chi connectivity index (χ3v) is 4.24. The molecule has 1 heterocycles. The van der Waals surface area contributed by atoms with Crippen LogP contribution in [0, 0.1) is 0 Å². The molecule has 0 spiro atoms. The number of rotatable bonds is 13. The van der Waals surface area contributed by atoms with Gasteiger partial charge in [-0.3, -0.25) is 0 Å². The van der Waals surface area contributed by atoms with E-state index in [1.54, 1.807) is 0 Å². The molecule has 0 aliphatic carbocycles. The summed E-state index contributed by atoms with van der Waals surface area (Å²) in [5.74, 6) is 0. The lowest BCUT2D eigenvalue weighted by Gasteiger charge is -2.20. The summed E-state index contributed by atoms with van der Waals surface area (Å²) in [6.45, 7) is 2.59. The van der Waals surface area contributed by atoms with Crippen LogP contribution in [0.5, 0.6) is 0 Å². The summed E-state index contributed by atoms with van der Waals surface area (Å²) in [7, 11) is 0. The van der Waals surface area contributed by atoms with Gasteiger partial charge in [-0.05, 0) is 19.3 Å². The zero-order valence-electron chi connectivity index (χ0n) is 14.4. The smallest absolute Gasteiger partial charge is 0.114 e. The minimum absolute atomic E-state index is 0.254. The van der Waals surface area contributed by atoms with Crippen LogP contribution in [0.1, 0.15) is 58.3 Å². The van der Waals surface area contributed by atoms with Crippen LogP contribution >= 0.6 is 0 Å². The average Bonchev–Trinajstić information content (AvgIpc) is 2.93. The van der Waals surface area contributed by atoms with Crippen molar-refractivity contribution in [3.63, 3.8) is 0 Å². The molecule has 0 unspecified atom stereocenters. The highest BCUT2D eigenvalue weighted by Crippen LogP contribution is 2.20. The fourth-order valence-corrected chi connectivity index (χ4v) is 2.77. The van der Waals surface area contributed by atoms with Crippen molar-refractivity contribution in [1.82, 2.24) is 0 Å². The van der Waals surface area contributed by atoms with E-state index in [9.17, 15) is 10.2 Å². The van der Waals surface area contributed by atoms with Crippen LogP contribution in [0.25, 0.3) is 0 Å². The van der Waals surface area contributed by atoms with E-state index in [-0.39, 0.29) is 6.61 Å². The van der Waals surface area contributed by atoms with Crippen LogP contribution in [-0.2, 0) is 9.47 Å². The number of hydrogen-bond acceptors (Lipinski definition) is 5. The Bertz CT molecular complexity index is 308. The largest absolute Gasteiger partial charge is 0.394 e. The SMILES string of the molecule is CCCCCCCC/C=C/CCO[C@@H]1CO[C@H]([C@@H](O)CO)[C@@H]1O. The van der Waals surface area contributed by atoms with Crippen LogP contribution in [0.2, 0.25) is 0 Å². The lowest BCUT2D eigenvalue weighted by Crippen LogP contribution is -2.41. The predicted octanol–water partition coefficient (Wildman–Crippen LogP) is 2.18. The standard InChI is InChI=1S/C18H34O5/c1-2-3-4-5-6-7-8-9-10-11-12-22-16-14-23-18(17(16)21)15(20)13-19/h9-10,15-21H,2-8,11-14H2,1H3/b10-9+/t15-,16+,17+,18+/m0/s1. The van der Waals surface area contributed by atoms with Crippen molar-refractivity contribution in [2.75, 3.05) is 19.8 Å². The molecule has 1 aliphatic heterocycles. The molecule has 0 aromatic heterocycles. The molecule has 5 nitrogen and oxygen atoms in total. The Balaban J connectivity index is 1.99. The van der Waals surface area contributed by atoms with E-state index in [0.717, 1.165) is 12.8 Å². The molecule has 1 rings (SSSR count). The fraction of sp³-hybridized carbons (Fsp3) is 0.889. The van der Waals surface area contributed by atoms with Gasteiger partial charge in [0.25, 0.3) is 0 Å². The van der Waals surface area contributed by atoms with Gasteiger partial charge in [0.1, 0.15) is 24.4 Å². The zero-order valence-corrected chi connectivity index (χ0v) is 14.4. The maximum atomic E-state index is 9.97. The molecule has 0 amide bonds. The molecule has 1 fully saturated rings. The summed E-state index contributed by atoms with van der Waals surface area (Å²) in [5.41, 5.74) is 0. The molecule has 1 saturated heterocycles. The quantitative estimate of drug-likeness (QED) is 0.356. The van der Waals surface area contributed by atoms with Gasteiger partial charge in [-0.2, -0.15) is 0 Å². The summed E-state index contributed by atoms with van der Waals surface area (Å²) in [6.07, 6.45) is 11.0. The topological polar surface area (TPSA) is 79.2 Å². The van der Waals surface area contributed by atoms with Gasteiger partial charge in [0.2, 0.25) is 0 Å². The lowest BCUT2D eigenvalue weighted by atomic mass is 10.1. The van der Waals surface area contributed by atoms with Crippen LogP contribution in [0.3, 0.4) is 0 Å². The van der Waals surface area contributed by atoms with Gasteiger partial charge in [0.15, 0.2) is 0 Å². The molecule has 0 bridgehead atoms. The average molecular weight is 330 g/mol. The first kappa shape index (κ1) is 20.6. The fourth-order valence-electron chi connectivity index (χ4n) is 2.77. The molecule has 0 aromatic carbocycles. The van der Waals surface area contributed by atoms with Crippen molar-refractivity contribution in [3.8, 4) is 0 Å². The molecule has 5 heteroatoms. The van der Waals surface area contributed by atoms with E-state index in [4.69, 9.17) is 14.6 Å². The molecule has 0 saturated carbocycles. The first-order valence-corrected chi connectivity index (χ1v) is 9.05. The van der Waals surface area contributed by atoms with Crippen LogP contribution in [0.4, 0.5) is 0 Å². The second-order valence-electron chi connectivity index (χ2n) is 6.26. The van der Waals surface area contributed by atoms with E-state index in [2.05, 4.69) is 19.1 Å². The Morgan fingerprint density at radius 2 is 1.83 bits per heavy atom. The number of unbranched alkanes of at least 4 members (excludes halogenated alkanes) is 6. The predicted molar refractivity (Wildman–Crippen MR) is 90.3 cm³/mol. The first-order valence-electron chi connectivity index (χ1n) is 9.05. The second-order valence-corrected chi connectivity index (χ2v) is 6.26. The van der Waals surface area contributed by atoms with Crippen LogP contribution in [-0.4, -0.2) is 59.6 Å². The highest BCUT2D eigenvalue weighted by Gasteiger charge is 2.40. The number of ether oxygens (including phenoxy) is 2. The Labute approximate surface area is 140 Å². The third-order valence-electron chi connectivity index (χ3n) is 4.24. The Hall–Kier alpha value is -0.460. The summed E-state index contributed by atoms with van der Waals surface area (Å²) >= 11 is 0. The first-order chi connectivity index (χ1) is 11.2. The summed E-state index contributed by atoms with van der Waals surface area (Å²) in [5, 5.41) is 28.4. The van der Waals surface area contributed by atoms with Crippen molar-refractivity contribution >= 4 is 0 Å². The van der Waals surface area contributed by atoms with Crippen LogP contribution in [0.15, 0.2) is 12.2 Å². The Kier molecular flexibility index (Phi) is 11.5. The second kappa shape index (κ2) is 12.9. The monoisotopic (exact) mass is 330 g/mol. The van der Waals surface area contributed by atoms with Crippen molar-refractivity contribution in [2.45, 2.75) is 82.7 Å². The van der Waals surface area contributed by atoms with Crippen molar-refractivity contribution in [1.29, 1.82) is 0 Å². The summed E-state index contributed by atoms with van der Waals surface area (Å²) in [4.78, 5) is 0. The molecular weight excluding hydrogens is 296 g/mol. The van der Waals surface area contributed by atoms with Crippen molar-refractivity contribution in [3.05, 3.63) is 12.2 Å². The van der Waals surface area contributed by atoms with Gasteiger partial charge in [0, 0.05) is 0 Å². The summed E-state index contributed by atoms with van der Waals surface area (Å²) in [6, 6.07) is 0. The van der Waals surface area contributed by atoms with Crippen molar-refractivity contribution in [2.24, 2.45) is 0 Å². The van der Waals surface area contributed by atoms with Gasteiger partial charge in [-0.15, -0.1) is 0 Å².